The molecule has 2 heterocycles. The molecule has 1 aromatic heterocycles. The number of piperazine rings is 1. The van der Waals surface area contributed by atoms with E-state index in [2.05, 4.69) is 27.5 Å². The van der Waals surface area contributed by atoms with Gasteiger partial charge in [0.2, 0.25) is 11.0 Å². The fraction of sp³-hybridized carbons (Fsp3) is 0.375. The highest BCUT2D eigenvalue weighted by Crippen LogP contribution is 2.26. The number of halogens is 1. The molecule has 2 amide bonds. The molecule has 3 rings (SSSR count). The second kappa shape index (κ2) is 8.81. The zero-order valence-electron chi connectivity index (χ0n) is 14.1. The summed E-state index contributed by atoms with van der Waals surface area (Å²) in [4.78, 5) is 28.5. The summed E-state index contributed by atoms with van der Waals surface area (Å²) in [6, 6.07) is 6.80. The molecule has 0 saturated carbocycles. The maximum absolute atomic E-state index is 12.2. The molecule has 26 heavy (non-hydrogen) atoms. The molecule has 1 fully saturated rings. The first kappa shape index (κ1) is 19.1. The zero-order valence-corrected chi connectivity index (χ0v) is 16.5. The molecule has 1 saturated heterocycles. The molecule has 0 aliphatic carbocycles. The van der Waals surface area contributed by atoms with Gasteiger partial charge >= 0.3 is 0 Å². The van der Waals surface area contributed by atoms with Crippen molar-refractivity contribution in [3.63, 3.8) is 0 Å². The average molecular weight is 412 g/mol. The smallest absolute Gasteiger partial charge is 0.259 e. The van der Waals surface area contributed by atoms with Crippen LogP contribution in [0.2, 0.25) is 5.02 Å². The van der Waals surface area contributed by atoms with Crippen LogP contribution in [-0.2, 0) is 4.79 Å². The Hall–Kier alpha value is -1.68. The van der Waals surface area contributed by atoms with Gasteiger partial charge in [0.05, 0.1) is 16.3 Å². The molecule has 1 aliphatic heterocycles. The van der Waals surface area contributed by atoms with Crippen molar-refractivity contribution in [3.05, 3.63) is 34.9 Å². The Kier molecular flexibility index (Phi) is 6.47. The van der Waals surface area contributed by atoms with Gasteiger partial charge in [0, 0.05) is 26.2 Å². The topological polar surface area (TPSA) is 78.4 Å². The first-order valence-electron chi connectivity index (χ1n) is 8.01. The lowest BCUT2D eigenvalue weighted by atomic mass is 10.2. The number of hydrogen-bond acceptors (Lipinski definition) is 7. The Bertz CT molecular complexity index is 792. The highest BCUT2D eigenvalue weighted by Gasteiger charge is 2.20. The molecule has 0 bridgehead atoms. The second-order valence-corrected chi connectivity index (χ2v) is 8.39. The molecule has 0 unspecified atom stereocenters. The molecular formula is C16H18ClN5O2S2. The van der Waals surface area contributed by atoms with E-state index in [9.17, 15) is 9.59 Å². The predicted molar refractivity (Wildman–Crippen MR) is 104 cm³/mol. The standard InChI is InChI=1S/C16H18ClN5O2S2/c1-21-6-8-22(9-7-21)13(23)10-25-16-20-19-15(26-16)18-14(24)11-4-2-3-5-12(11)17/h2-5H,6-10H2,1H3,(H,18,19,24). The number of carbonyl (C=O) groups is 2. The maximum Gasteiger partial charge on any atom is 0.259 e. The number of rotatable bonds is 5. The highest BCUT2D eigenvalue weighted by molar-refractivity contribution is 8.01. The minimum Gasteiger partial charge on any atom is -0.339 e. The van der Waals surface area contributed by atoms with Crippen molar-refractivity contribution in [2.45, 2.75) is 4.34 Å². The SMILES string of the molecule is CN1CCN(C(=O)CSc2nnc(NC(=O)c3ccccc3Cl)s2)CC1. The van der Waals surface area contributed by atoms with Crippen LogP contribution in [0.25, 0.3) is 0 Å². The first-order chi connectivity index (χ1) is 12.5. The monoisotopic (exact) mass is 411 g/mol. The van der Waals surface area contributed by atoms with E-state index in [1.54, 1.807) is 24.3 Å². The summed E-state index contributed by atoms with van der Waals surface area (Å²) in [6.07, 6.45) is 0. The molecule has 1 aromatic carbocycles. The van der Waals surface area contributed by atoms with Crippen LogP contribution in [0, 0.1) is 0 Å². The fourth-order valence-corrected chi connectivity index (χ4v) is 4.27. The van der Waals surface area contributed by atoms with E-state index in [4.69, 9.17) is 11.6 Å². The van der Waals surface area contributed by atoms with Crippen LogP contribution in [0.5, 0.6) is 0 Å². The van der Waals surface area contributed by atoms with E-state index in [0.717, 1.165) is 26.2 Å². The van der Waals surface area contributed by atoms with E-state index in [0.29, 0.717) is 25.8 Å². The molecule has 10 heteroatoms. The summed E-state index contributed by atoms with van der Waals surface area (Å²) in [7, 11) is 2.05. The average Bonchev–Trinajstić information content (AvgIpc) is 3.08. The highest BCUT2D eigenvalue weighted by atomic mass is 35.5. The fourth-order valence-electron chi connectivity index (χ4n) is 2.40. The van der Waals surface area contributed by atoms with E-state index in [1.807, 2.05) is 4.90 Å². The largest absolute Gasteiger partial charge is 0.339 e. The van der Waals surface area contributed by atoms with Crippen LogP contribution in [0.15, 0.2) is 28.6 Å². The third kappa shape index (κ3) is 4.94. The Labute approximate surface area is 164 Å². The molecule has 1 N–H and O–H groups in total. The molecule has 0 atom stereocenters. The number of carbonyl (C=O) groups excluding carboxylic acids is 2. The van der Waals surface area contributed by atoms with E-state index >= 15 is 0 Å². The summed E-state index contributed by atoms with van der Waals surface area (Å²) < 4.78 is 0.641. The third-order valence-corrected chi connectivity index (χ3v) is 6.21. The summed E-state index contributed by atoms with van der Waals surface area (Å²) in [5.74, 6) is 0.0772. The lowest BCUT2D eigenvalue weighted by molar-refractivity contribution is -0.129. The minimum absolute atomic E-state index is 0.0972. The van der Waals surface area contributed by atoms with Gasteiger partial charge in [0.25, 0.3) is 5.91 Å². The number of nitrogens with zero attached hydrogens (tertiary/aromatic N) is 4. The number of nitrogens with one attached hydrogen (secondary N) is 1. The summed E-state index contributed by atoms with van der Waals surface area (Å²) >= 11 is 8.59. The number of aromatic nitrogens is 2. The summed E-state index contributed by atoms with van der Waals surface area (Å²) in [5.41, 5.74) is 0.379. The Morgan fingerprint density at radius 1 is 1.23 bits per heavy atom. The Balaban J connectivity index is 1.51. The molecule has 2 aromatic rings. The minimum atomic E-state index is -0.336. The van der Waals surface area contributed by atoms with Gasteiger partial charge in [0.1, 0.15) is 0 Å². The lowest BCUT2D eigenvalue weighted by Gasteiger charge is -2.32. The summed E-state index contributed by atoms with van der Waals surface area (Å²) in [5, 5.41) is 11.4. The van der Waals surface area contributed by atoms with Crippen molar-refractivity contribution in [1.29, 1.82) is 0 Å². The number of benzene rings is 1. The zero-order chi connectivity index (χ0) is 18.5. The molecule has 1 aliphatic rings. The quantitative estimate of drug-likeness (QED) is 0.600. The van der Waals surface area contributed by atoms with Crippen LogP contribution >= 0.6 is 34.7 Å². The summed E-state index contributed by atoms with van der Waals surface area (Å²) in [6.45, 7) is 3.30. The van der Waals surface area contributed by atoms with Crippen molar-refractivity contribution in [2.24, 2.45) is 0 Å². The van der Waals surface area contributed by atoms with Gasteiger partial charge in [-0.25, -0.2) is 0 Å². The number of likely N-dealkylation sites (N-methyl/N-ethyl adjacent to an activating group) is 1. The van der Waals surface area contributed by atoms with Crippen LogP contribution in [0.1, 0.15) is 10.4 Å². The van der Waals surface area contributed by atoms with Crippen molar-refractivity contribution in [1.82, 2.24) is 20.0 Å². The Morgan fingerprint density at radius 2 is 1.96 bits per heavy atom. The van der Waals surface area contributed by atoms with Gasteiger partial charge in [-0.1, -0.05) is 46.8 Å². The van der Waals surface area contributed by atoms with Crippen molar-refractivity contribution in [2.75, 3.05) is 44.3 Å². The van der Waals surface area contributed by atoms with Gasteiger partial charge in [-0.2, -0.15) is 0 Å². The Morgan fingerprint density at radius 3 is 2.69 bits per heavy atom. The van der Waals surface area contributed by atoms with Gasteiger partial charge in [-0.05, 0) is 19.2 Å². The van der Waals surface area contributed by atoms with Crippen molar-refractivity contribution >= 4 is 51.6 Å². The normalized spacial score (nSPS) is 15.1. The van der Waals surface area contributed by atoms with Crippen molar-refractivity contribution in [3.8, 4) is 0 Å². The van der Waals surface area contributed by atoms with Crippen LogP contribution in [-0.4, -0.2) is 70.8 Å². The molecule has 0 spiro atoms. The number of thioether (sulfide) groups is 1. The molecule has 138 valence electrons. The second-order valence-electron chi connectivity index (χ2n) is 5.78. The first-order valence-corrected chi connectivity index (χ1v) is 10.2. The molecule has 7 nitrogen and oxygen atoms in total. The van der Waals surface area contributed by atoms with Gasteiger partial charge in [-0.15, -0.1) is 10.2 Å². The van der Waals surface area contributed by atoms with Gasteiger partial charge in [-0.3, -0.25) is 14.9 Å². The van der Waals surface area contributed by atoms with Crippen molar-refractivity contribution < 1.29 is 9.59 Å². The number of anilines is 1. The number of amides is 2. The van der Waals surface area contributed by atoms with Crippen LogP contribution in [0.3, 0.4) is 0 Å². The lowest BCUT2D eigenvalue weighted by Crippen LogP contribution is -2.47. The van der Waals surface area contributed by atoms with Crippen LogP contribution < -0.4 is 5.32 Å². The molecule has 0 radical (unpaired) electrons. The van der Waals surface area contributed by atoms with E-state index < -0.39 is 0 Å². The van der Waals surface area contributed by atoms with Gasteiger partial charge < -0.3 is 9.80 Å². The molecular weight excluding hydrogens is 394 g/mol. The van der Waals surface area contributed by atoms with Gasteiger partial charge in [0.15, 0.2) is 4.34 Å². The van der Waals surface area contributed by atoms with E-state index in [1.165, 1.54) is 23.1 Å². The van der Waals surface area contributed by atoms with Crippen LogP contribution in [0.4, 0.5) is 5.13 Å². The predicted octanol–water partition coefficient (Wildman–Crippen LogP) is 2.31. The maximum atomic E-state index is 12.2. The number of hydrogen-bond donors (Lipinski definition) is 1. The van der Waals surface area contributed by atoms with E-state index in [-0.39, 0.29) is 11.8 Å². The third-order valence-electron chi connectivity index (χ3n) is 3.92.